The SMILES string of the molecule is CC1(C)CN(c2ccccc2)CCN1C(=O)C1CCC(=O)N1. The number of nitrogens with zero attached hydrogens (tertiary/aromatic N) is 2. The highest BCUT2D eigenvalue weighted by atomic mass is 16.2. The summed E-state index contributed by atoms with van der Waals surface area (Å²) in [6, 6.07) is 9.95. The molecular formula is C17H23N3O2. The van der Waals surface area contributed by atoms with E-state index in [1.165, 1.54) is 5.69 Å². The van der Waals surface area contributed by atoms with E-state index in [-0.39, 0.29) is 23.4 Å². The number of amides is 2. The Morgan fingerprint density at radius 3 is 2.55 bits per heavy atom. The zero-order valence-corrected chi connectivity index (χ0v) is 13.2. The molecule has 1 unspecified atom stereocenters. The molecule has 3 rings (SSSR count). The largest absolute Gasteiger partial charge is 0.367 e. The number of carbonyl (C=O) groups excluding carboxylic acids is 2. The number of carbonyl (C=O) groups is 2. The summed E-state index contributed by atoms with van der Waals surface area (Å²) in [5.41, 5.74) is 0.940. The van der Waals surface area contributed by atoms with Gasteiger partial charge in [0, 0.05) is 31.7 Å². The van der Waals surface area contributed by atoms with Crippen LogP contribution in [0.4, 0.5) is 5.69 Å². The van der Waals surface area contributed by atoms with Gasteiger partial charge in [-0.3, -0.25) is 9.59 Å². The lowest BCUT2D eigenvalue weighted by molar-refractivity contribution is -0.140. The van der Waals surface area contributed by atoms with Crippen molar-refractivity contribution in [2.24, 2.45) is 0 Å². The van der Waals surface area contributed by atoms with Gasteiger partial charge >= 0.3 is 0 Å². The summed E-state index contributed by atoms with van der Waals surface area (Å²) in [7, 11) is 0. The van der Waals surface area contributed by atoms with E-state index in [0.717, 1.165) is 13.1 Å². The molecular weight excluding hydrogens is 278 g/mol. The molecule has 2 saturated heterocycles. The van der Waals surface area contributed by atoms with Crippen molar-refractivity contribution in [2.45, 2.75) is 38.3 Å². The second-order valence-electron chi connectivity index (χ2n) is 6.72. The molecule has 1 aromatic rings. The van der Waals surface area contributed by atoms with E-state index in [9.17, 15) is 9.59 Å². The van der Waals surface area contributed by atoms with Crippen molar-refractivity contribution in [2.75, 3.05) is 24.5 Å². The van der Waals surface area contributed by atoms with Gasteiger partial charge in [-0.2, -0.15) is 0 Å². The predicted octanol–water partition coefficient (Wildman–Crippen LogP) is 1.39. The number of benzene rings is 1. The number of anilines is 1. The fraction of sp³-hybridized carbons (Fsp3) is 0.529. The third kappa shape index (κ3) is 2.80. The average molecular weight is 301 g/mol. The minimum atomic E-state index is -0.338. The highest BCUT2D eigenvalue weighted by Gasteiger charge is 2.40. The molecule has 1 aromatic carbocycles. The summed E-state index contributed by atoms with van der Waals surface area (Å²) in [6.07, 6.45) is 1.08. The lowest BCUT2D eigenvalue weighted by Gasteiger charge is -2.48. The van der Waals surface area contributed by atoms with Crippen LogP contribution in [0.1, 0.15) is 26.7 Å². The summed E-state index contributed by atoms with van der Waals surface area (Å²) in [5.74, 6) is 0.0441. The van der Waals surface area contributed by atoms with Crippen LogP contribution >= 0.6 is 0 Å². The molecule has 2 aliphatic rings. The Kier molecular flexibility index (Phi) is 3.81. The van der Waals surface area contributed by atoms with Gasteiger partial charge in [0.1, 0.15) is 6.04 Å². The summed E-state index contributed by atoms with van der Waals surface area (Å²) in [6.45, 7) is 6.49. The Morgan fingerprint density at radius 2 is 1.95 bits per heavy atom. The van der Waals surface area contributed by atoms with E-state index >= 15 is 0 Å². The Balaban J connectivity index is 1.71. The normalized spacial score (nSPS) is 24.3. The van der Waals surface area contributed by atoms with Crippen molar-refractivity contribution in [3.63, 3.8) is 0 Å². The molecule has 1 N–H and O–H groups in total. The van der Waals surface area contributed by atoms with Crippen LogP contribution in [0.2, 0.25) is 0 Å². The smallest absolute Gasteiger partial charge is 0.245 e. The van der Waals surface area contributed by atoms with Crippen molar-refractivity contribution >= 4 is 17.5 Å². The number of para-hydroxylation sites is 1. The number of nitrogens with one attached hydrogen (secondary N) is 1. The summed E-state index contributed by atoms with van der Waals surface area (Å²) in [4.78, 5) is 28.3. The van der Waals surface area contributed by atoms with Crippen molar-refractivity contribution in [3.8, 4) is 0 Å². The highest BCUT2D eigenvalue weighted by molar-refractivity contribution is 5.91. The molecule has 0 spiro atoms. The molecule has 0 aromatic heterocycles. The monoisotopic (exact) mass is 301 g/mol. The number of piperazine rings is 1. The molecule has 2 aliphatic heterocycles. The minimum absolute atomic E-state index is 0.0147. The van der Waals surface area contributed by atoms with E-state index in [1.807, 2.05) is 23.1 Å². The molecule has 118 valence electrons. The zero-order valence-electron chi connectivity index (χ0n) is 13.2. The molecule has 0 bridgehead atoms. The zero-order chi connectivity index (χ0) is 15.7. The van der Waals surface area contributed by atoms with Gasteiger partial charge < -0.3 is 15.1 Å². The van der Waals surface area contributed by atoms with Crippen LogP contribution in [0, 0.1) is 0 Å². The van der Waals surface area contributed by atoms with Crippen LogP contribution in [-0.4, -0.2) is 47.9 Å². The Bertz CT molecular complexity index is 571. The number of rotatable bonds is 2. The van der Waals surface area contributed by atoms with E-state index in [0.29, 0.717) is 19.4 Å². The maximum atomic E-state index is 12.7. The van der Waals surface area contributed by atoms with Gasteiger partial charge in [0.2, 0.25) is 11.8 Å². The number of hydrogen-bond donors (Lipinski definition) is 1. The van der Waals surface area contributed by atoms with Crippen LogP contribution in [0.25, 0.3) is 0 Å². The van der Waals surface area contributed by atoms with Gasteiger partial charge in [-0.05, 0) is 32.4 Å². The molecule has 5 nitrogen and oxygen atoms in total. The molecule has 2 heterocycles. The van der Waals surface area contributed by atoms with Crippen LogP contribution in [0.3, 0.4) is 0 Å². The van der Waals surface area contributed by atoms with Gasteiger partial charge in [0.15, 0.2) is 0 Å². The molecule has 2 fully saturated rings. The Morgan fingerprint density at radius 1 is 1.23 bits per heavy atom. The van der Waals surface area contributed by atoms with Crippen LogP contribution in [-0.2, 0) is 9.59 Å². The third-order valence-corrected chi connectivity index (χ3v) is 4.58. The first-order chi connectivity index (χ1) is 10.5. The maximum Gasteiger partial charge on any atom is 0.245 e. The van der Waals surface area contributed by atoms with Crippen LogP contribution in [0.5, 0.6) is 0 Å². The fourth-order valence-corrected chi connectivity index (χ4v) is 3.41. The van der Waals surface area contributed by atoms with Crippen molar-refractivity contribution in [1.82, 2.24) is 10.2 Å². The van der Waals surface area contributed by atoms with Crippen LogP contribution < -0.4 is 10.2 Å². The first-order valence-corrected chi connectivity index (χ1v) is 7.88. The maximum absolute atomic E-state index is 12.7. The molecule has 0 radical (unpaired) electrons. The van der Waals surface area contributed by atoms with Gasteiger partial charge in [0.05, 0.1) is 5.54 Å². The minimum Gasteiger partial charge on any atom is -0.367 e. The van der Waals surface area contributed by atoms with Gasteiger partial charge in [-0.25, -0.2) is 0 Å². The molecule has 0 aliphatic carbocycles. The predicted molar refractivity (Wildman–Crippen MR) is 85.6 cm³/mol. The van der Waals surface area contributed by atoms with E-state index in [1.54, 1.807) is 0 Å². The van der Waals surface area contributed by atoms with E-state index in [2.05, 4.69) is 36.2 Å². The molecule has 22 heavy (non-hydrogen) atoms. The molecule has 5 heteroatoms. The van der Waals surface area contributed by atoms with Crippen molar-refractivity contribution in [3.05, 3.63) is 30.3 Å². The lowest BCUT2D eigenvalue weighted by Crippen LogP contribution is -2.63. The van der Waals surface area contributed by atoms with E-state index < -0.39 is 0 Å². The van der Waals surface area contributed by atoms with Gasteiger partial charge in [-0.15, -0.1) is 0 Å². The number of hydrogen-bond acceptors (Lipinski definition) is 3. The van der Waals surface area contributed by atoms with E-state index in [4.69, 9.17) is 0 Å². The van der Waals surface area contributed by atoms with Gasteiger partial charge in [0.25, 0.3) is 0 Å². The fourth-order valence-electron chi connectivity index (χ4n) is 3.41. The quantitative estimate of drug-likeness (QED) is 0.898. The molecule has 2 amide bonds. The summed E-state index contributed by atoms with van der Waals surface area (Å²) >= 11 is 0. The lowest BCUT2D eigenvalue weighted by atomic mass is 9.96. The Labute approximate surface area is 131 Å². The second kappa shape index (κ2) is 5.63. The third-order valence-electron chi connectivity index (χ3n) is 4.58. The first-order valence-electron chi connectivity index (χ1n) is 7.88. The van der Waals surface area contributed by atoms with Crippen molar-refractivity contribution in [1.29, 1.82) is 0 Å². The molecule has 1 atom stereocenters. The summed E-state index contributed by atoms with van der Waals surface area (Å²) in [5, 5.41) is 2.79. The van der Waals surface area contributed by atoms with Crippen molar-refractivity contribution < 1.29 is 9.59 Å². The molecule has 0 saturated carbocycles. The summed E-state index contributed by atoms with van der Waals surface area (Å²) < 4.78 is 0. The highest BCUT2D eigenvalue weighted by Crippen LogP contribution is 2.27. The second-order valence-corrected chi connectivity index (χ2v) is 6.72. The average Bonchev–Trinajstić information content (AvgIpc) is 2.93. The van der Waals surface area contributed by atoms with Crippen LogP contribution in [0.15, 0.2) is 30.3 Å². The van der Waals surface area contributed by atoms with Gasteiger partial charge in [-0.1, -0.05) is 18.2 Å². The topological polar surface area (TPSA) is 52.7 Å². The standard InChI is InChI=1S/C17H23N3O2/c1-17(2)12-19(13-6-4-3-5-7-13)10-11-20(17)16(22)14-8-9-15(21)18-14/h3-7,14H,8-12H2,1-2H3,(H,18,21). The Hall–Kier alpha value is -2.04. The first kappa shape index (κ1) is 14.9.